The minimum atomic E-state index is -0.0957. The molecule has 2 heteroatoms. The quantitative estimate of drug-likeness (QED) is 0.285. The van der Waals surface area contributed by atoms with Crippen molar-refractivity contribution in [1.82, 2.24) is 0 Å². The molecule has 0 aliphatic rings. The molecule has 0 fully saturated rings. The van der Waals surface area contributed by atoms with Crippen LogP contribution in [0.1, 0.15) is 62.6 Å². The zero-order valence-corrected chi connectivity index (χ0v) is 16.0. The Morgan fingerprint density at radius 3 is 2.31 bits per heavy atom. The van der Waals surface area contributed by atoms with Crippen molar-refractivity contribution >= 4 is 17.6 Å². The van der Waals surface area contributed by atoms with Crippen molar-refractivity contribution in [3.05, 3.63) is 71.3 Å². The Labute approximate surface area is 157 Å². The normalized spacial score (nSPS) is 11.4. The first-order chi connectivity index (χ1) is 12.7. The first-order valence-electron chi connectivity index (χ1n) is 9.67. The van der Waals surface area contributed by atoms with Crippen molar-refractivity contribution in [3.63, 3.8) is 0 Å². The molecule has 0 heterocycles. The summed E-state index contributed by atoms with van der Waals surface area (Å²) in [7, 11) is 0. The van der Waals surface area contributed by atoms with Gasteiger partial charge in [-0.2, -0.15) is 0 Å². The van der Waals surface area contributed by atoms with Crippen molar-refractivity contribution in [2.75, 3.05) is 6.61 Å². The van der Waals surface area contributed by atoms with E-state index in [9.17, 15) is 4.79 Å². The first-order valence-corrected chi connectivity index (χ1v) is 9.67. The third-order valence-corrected chi connectivity index (χ3v) is 4.50. The number of carbonyl (C=O) groups is 1. The van der Waals surface area contributed by atoms with Crippen molar-refractivity contribution in [2.24, 2.45) is 0 Å². The monoisotopic (exact) mass is 350 g/mol. The van der Waals surface area contributed by atoms with Gasteiger partial charge in [-0.05, 0) is 48.4 Å². The molecule has 0 bridgehead atoms. The van der Waals surface area contributed by atoms with Gasteiger partial charge in [-0.25, -0.2) is 0 Å². The highest BCUT2D eigenvalue weighted by molar-refractivity contribution is 5.80. The zero-order chi connectivity index (χ0) is 18.6. The molecule has 0 saturated heterocycles. The summed E-state index contributed by atoms with van der Waals surface area (Å²) >= 11 is 0. The van der Waals surface area contributed by atoms with Crippen LogP contribution < -0.4 is 0 Å². The Hall–Kier alpha value is -2.35. The smallest absolute Gasteiger partial charge is 0.305 e. The minimum Gasteiger partial charge on any atom is -0.466 e. The maximum absolute atomic E-state index is 11.0. The average Bonchev–Trinajstić information content (AvgIpc) is 2.68. The van der Waals surface area contributed by atoms with Crippen LogP contribution in [0.3, 0.4) is 0 Å². The van der Waals surface area contributed by atoms with Gasteiger partial charge in [-0.1, -0.05) is 80.4 Å². The molecule has 0 atom stereocenters. The molecule has 2 aromatic rings. The molecular weight excluding hydrogens is 320 g/mol. The van der Waals surface area contributed by atoms with Crippen molar-refractivity contribution in [1.29, 1.82) is 0 Å². The lowest BCUT2D eigenvalue weighted by atomic mass is 10.0. The predicted molar refractivity (Wildman–Crippen MR) is 110 cm³/mol. The van der Waals surface area contributed by atoms with Crippen LogP contribution in [0, 0.1) is 0 Å². The van der Waals surface area contributed by atoms with Crippen LogP contribution in [-0.4, -0.2) is 12.6 Å². The van der Waals surface area contributed by atoms with Gasteiger partial charge in [0.1, 0.15) is 0 Å². The maximum atomic E-state index is 11.0. The summed E-state index contributed by atoms with van der Waals surface area (Å²) in [5.41, 5.74) is 5.18. The molecule has 2 nitrogen and oxygen atoms in total. The lowest BCUT2D eigenvalue weighted by Gasteiger charge is -2.06. The summed E-state index contributed by atoms with van der Waals surface area (Å²) in [6.45, 7) is 4.55. The van der Waals surface area contributed by atoms with Gasteiger partial charge in [0, 0.05) is 6.42 Å². The van der Waals surface area contributed by atoms with E-state index in [4.69, 9.17) is 4.74 Å². The number of rotatable bonds is 10. The summed E-state index contributed by atoms with van der Waals surface area (Å²) in [6, 6.07) is 19.3. The summed E-state index contributed by atoms with van der Waals surface area (Å²) < 4.78 is 5.09. The van der Waals surface area contributed by atoms with Gasteiger partial charge >= 0.3 is 5.97 Å². The van der Waals surface area contributed by atoms with Crippen molar-refractivity contribution in [3.8, 4) is 0 Å². The summed E-state index contributed by atoms with van der Waals surface area (Å²) in [4.78, 5) is 11.0. The second kappa shape index (κ2) is 11.3. The highest BCUT2D eigenvalue weighted by Crippen LogP contribution is 2.19. The lowest BCUT2D eigenvalue weighted by molar-refractivity contribution is -0.143. The van der Waals surface area contributed by atoms with E-state index in [1.165, 1.54) is 35.1 Å². The van der Waals surface area contributed by atoms with Crippen LogP contribution in [0.5, 0.6) is 0 Å². The Kier molecular flexibility index (Phi) is 8.68. The van der Waals surface area contributed by atoms with Gasteiger partial charge in [0.25, 0.3) is 0 Å². The number of hydrogen-bond donors (Lipinski definition) is 0. The molecule has 138 valence electrons. The first kappa shape index (κ1) is 20.0. The average molecular weight is 351 g/mol. The summed E-state index contributed by atoms with van der Waals surface area (Å²) in [6.07, 6.45) is 8.24. The van der Waals surface area contributed by atoms with E-state index in [0.29, 0.717) is 13.0 Å². The standard InChI is InChI=1S/C24H30O2/c1-3-24(25)26-18-10-5-4-7-11-21-14-16-23(17-15-21)20(2)19-22-12-8-6-9-13-22/h6,8-9,12-17,19H,3-5,7,10-11,18H2,1-2H3/b20-19+. The fourth-order valence-electron chi connectivity index (χ4n) is 2.89. The number of esters is 1. The molecule has 0 unspecified atom stereocenters. The third-order valence-electron chi connectivity index (χ3n) is 4.50. The largest absolute Gasteiger partial charge is 0.466 e. The topological polar surface area (TPSA) is 26.3 Å². The van der Waals surface area contributed by atoms with Gasteiger partial charge in [0.2, 0.25) is 0 Å². The molecule has 0 aliphatic carbocycles. The Morgan fingerprint density at radius 2 is 1.62 bits per heavy atom. The summed E-state index contributed by atoms with van der Waals surface area (Å²) in [5, 5.41) is 0. The second-order valence-electron chi connectivity index (χ2n) is 6.67. The number of ether oxygens (including phenoxy) is 1. The molecule has 2 rings (SSSR count). The Balaban J connectivity index is 1.71. The molecule has 0 radical (unpaired) electrons. The Morgan fingerprint density at radius 1 is 0.923 bits per heavy atom. The zero-order valence-electron chi connectivity index (χ0n) is 16.0. The van der Waals surface area contributed by atoms with Gasteiger partial charge in [0.15, 0.2) is 0 Å². The minimum absolute atomic E-state index is 0.0957. The molecule has 0 aromatic heterocycles. The number of unbranched alkanes of at least 4 members (excludes halogenated alkanes) is 3. The van der Waals surface area contributed by atoms with E-state index in [1.54, 1.807) is 0 Å². The lowest BCUT2D eigenvalue weighted by Crippen LogP contribution is -2.03. The molecule has 0 amide bonds. The number of benzene rings is 2. The predicted octanol–water partition coefficient (Wildman–Crippen LogP) is 6.30. The Bertz CT molecular complexity index is 684. The fraction of sp³-hybridized carbons (Fsp3) is 0.375. The van der Waals surface area contributed by atoms with Crippen LogP contribution >= 0.6 is 0 Å². The van der Waals surface area contributed by atoms with Gasteiger partial charge in [-0.3, -0.25) is 4.79 Å². The highest BCUT2D eigenvalue weighted by Gasteiger charge is 2.00. The van der Waals surface area contributed by atoms with Crippen molar-refractivity contribution in [2.45, 2.75) is 52.4 Å². The van der Waals surface area contributed by atoms with Crippen molar-refractivity contribution < 1.29 is 9.53 Å². The molecule has 0 spiro atoms. The molecule has 0 aliphatic heterocycles. The SMILES string of the molecule is CCC(=O)OCCCCCCc1ccc(/C(C)=C/c2ccccc2)cc1. The van der Waals surface area contributed by atoms with E-state index in [0.717, 1.165) is 19.3 Å². The van der Waals surface area contributed by atoms with Gasteiger partial charge < -0.3 is 4.74 Å². The molecule has 0 saturated carbocycles. The molecule has 0 N–H and O–H groups in total. The number of hydrogen-bond acceptors (Lipinski definition) is 2. The number of allylic oxidation sites excluding steroid dienone is 1. The van der Waals surface area contributed by atoms with Gasteiger partial charge in [-0.15, -0.1) is 0 Å². The van der Waals surface area contributed by atoms with E-state index >= 15 is 0 Å². The van der Waals surface area contributed by atoms with E-state index in [-0.39, 0.29) is 5.97 Å². The summed E-state index contributed by atoms with van der Waals surface area (Å²) in [5.74, 6) is -0.0957. The molecule has 26 heavy (non-hydrogen) atoms. The third kappa shape index (κ3) is 7.26. The maximum Gasteiger partial charge on any atom is 0.305 e. The van der Waals surface area contributed by atoms with Crippen LogP contribution in [0.4, 0.5) is 0 Å². The molecule has 2 aromatic carbocycles. The second-order valence-corrected chi connectivity index (χ2v) is 6.67. The van der Waals surface area contributed by atoms with Crippen LogP contribution in [0.15, 0.2) is 54.6 Å². The van der Waals surface area contributed by atoms with Crippen LogP contribution in [0.2, 0.25) is 0 Å². The number of aryl methyl sites for hydroxylation is 1. The van der Waals surface area contributed by atoms with Crippen LogP contribution in [-0.2, 0) is 16.0 Å². The van der Waals surface area contributed by atoms with E-state index in [2.05, 4.69) is 61.5 Å². The van der Waals surface area contributed by atoms with Crippen LogP contribution in [0.25, 0.3) is 11.6 Å². The van der Waals surface area contributed by atoms with Gasteiger partial charge in [0.05, 0.1) is 6.61 Å². The highest BCUT2D eigenvalue weighted by atomic mass is 16.5. The fourth-order valence-corrected chi connectivity index (χ4v) is 2.89. The number of carbonyl (C=O) groups excluding carboxylic acids is 1. The molecular formula is C24H30O2. The van der Waals surface area contributed by atoms with E-state index < -0.39 is 0 Å². The van der Waals surface area contributed by atoms with E-state index in [1.807, 2.05) is 13.0 Å².